The second kappa shape index (κ2) is 8.47. The zero-order chi connectivity index (χ0) is 22.1. The number of aromatic nitrogens is 4. The van der Waals surface area contributed by atoms with Crippen molar-refractivity contribution in [2.24, 2.45) is 0 Å². The summed E-state index contributed by atoms with van der Waals surface area (Å²) < 4.78 is 7.16. The Morgan fingerprint density at radius 1 is 0.969 bits per heavy atom. The molecule has 1 saturated heterocycles. The Hall–Kier alpha value is -3.65. The van der Waals surface area contributed by atoms with Crippen molar-refractivity contribution < 1.29 is 4.74 Å². The third kappa shape index (κ3) is 3.97. The highest BCUT2D eigenvalue weighted by Crippen LogP contribution is 2.25. The van der Waals surface area contributed by atoms with Crippen LogP contribution in [0.2, 0.25) is 0 Å². The first-order valence-electron chi connectivity index (χ1n) is 10.8. The number of fused-ring (bicyclic) bond motifs is 1. The molecule has 4 aromatic rings. The van der Waals surface area contributed by atoms with Gasteiger partial charge in [0.2, 0.25) is 5.95 Å². The van der Waals surface area contributed by atoms with E-state index in [9.17, 15) is 0 Å². The first kappa shape index (κ1) is 20.3. The smallest absolute Gasteiger partial charge is 0.229 e. The van der Waals surface area contributed by atoms with E-state index in [-0.39, 0.29) is 0 Å². The molecule has 0 aliphatic carbocycles. The predicted molar refractivity (Wildman–Crippen MR) is 127 cm³/mol. The Morgan fingerprint density at radius 2 is 1.75 bits per heavy atom. The van der Waals surface area contributed by atoms with Gasteiger partial charge in [-0.15, -0.1) is 0 Å². The van der Waals surface area contributed by atoms with Crippen molar-refractivity contribution in [2.75, 3.05) is 50.6 Å². The molecular formula is C24H27N7O. The molecule has 0 bridgehead atoms. The van der Waals surface area contributed by atoms with E-state index in [0.717, 1.165) is 59.9 Å². The molecule has 0 radical (unpaired) electrons. The molecule has 1 N–H and O–H groups in total. The van der Waals surface area contributed by atoms with Crippen LogP contribution < -0.4 is 15.0 Å². The van der Waals surface area contributed by atoms with Crippen LogP contribution in [-0.4, -0.2) is 65.0 Å². The molecule has 3 heterocycles. The highest BCUT2D eigenvalue weighted by atomic mass is 16.5. The summed E-state index contributed by atoms with van der Waals surface area (Å²) in [4.78, 5) is 14.0. The van der Waals surface area contributed by atoms with E-state index in [2.05, 4.69) is 56.5 Å². The lowest BCUT2D eigenvalue weighted by Crippen LogP contribution is -2.44. The molecule has 32 heavy (non-hydrogen) atoms. The first-order chi connectivity index (χ1) is 15.6. The van der Waals surface area contributed by atoms with Crippen molar-refractivity contribution in [1.82, 2.24) is 24.6 Å². The summed E-state index contributed by atoms with van der Waals surface area (Å²) in [6.07, 6.45) is 3.58. The normalized spacial score (nSPS) is 14.7. The first-order valence-corrected chi connectivity index (χ1v) is 10.8. The minimum Gasteiger partial charge on any atom is -0.497 e. The topological polar surface area (TPSA) is 71.3 Å². The lowest BCUT2D eigenvalue weighted by molar-refractivity contribution is 0.313. The van der Waals surface area contributed by atoms with Crippen LogP contribution >= 0.6 is 0 Å². The Morgan fingerprint density at radius 3 is 2.47 bits per heavy atom. The Balaban J connectivity index is 1.38. The molecule has 1 aliphatic rings. The molecule has 8 nitrogen and oxygen atoms in total. The molecule has 2 aromatic heterocycles. The maximum Gasteiger partial charge on any atom is 0.229 e. The van der Waals surface area contributed by atoms with Gasteiger partial charge in [-0.1, -0.05) is 0 Å². The number of anilines is 3. The molecule has 5 rings (SSSR count). The number of benzene rings is 2. The van der Waals surface area contributed by atoms with Gasteiger partial charge >= 0.3 is 0 Å². The number of likely N-dealkylation sites (N-methyl/N-ethyl adjacent to an activating group) is 1. The van der Waals surface area contributed by atoms with E-state index in [0.29, 0.717) is 5.95 Å². The highest BCUT2D eigenvalue weighted by molar-refractivity contribution is 5.77. The Labute approximate surface area is 187 Å². The standard InChI is InChI=1S/C24H27N7O/c1-17-14-21(32-3)8-9-22(17)31-23-18(16-26-31)15-25-24(28-23)27-19-4-6-20(7-5-19)30-12-10-29(2)11-13-30/h4-9,14-16H,10-13H2,1-3H3,(H,25,27,28). The van der Waals surface area contributed by atoms with E-state index in [1.807, 2.05) is 29.8 Å². The molecule has 0 spiro atoms. The minimum absolute atomic E-state index is 0.540. The van der Waals surface area contributed by atoms with Gasteiger partial charge in [0.1, 0.15) is 5.75 Å². The van der Waals surface area contributed by atoms with Gasteiger partial charge in [0, 0.05) is 43.8 Å². The van der Waals surface area contributed by atoms with Gasteiger partial charge in [-0.25, -0.2) is 9.67 Å². The van der Waals surface area contributed by atoms with Crippen molar-refractivity contribution >= 4 is 28.4 Å². The summed E-state index contributed by atoms with van der Waals surface area (Å²) in [6.45, 7) is 6.33. The summed E-state index contributed by atoms with van der Waals surface area (Å²) in [6, 6.07) is 14.4. The molecule has 1 aliphatic heterocycles. The van der Waals surface area contributed by atoms with Gasteiger partial charge in [-0.3, -0.25) is 0 Å². The van der Waals surface area contributed by atoms with Crippen LogP contribution in [0.3, 0.4) is 0 Å². The molecule has 164 valence electrons. The third-order valence-corrected chi connectivity index (χ3v) is 5.93. The highest BCUT2D eigenvalue weighted by Gasteiger charge is 2.14. The molecular weight excluding hydrogens is 402 g/mol. The van der Waals surface area contributed by atoms with Crippen molar-refractivity contribution in [3.63, 3.8) is 0 Å². The number of hydrogen-bond donors (Lipinski definition) is 1. The van der Waals surface area contributed by atoms with Gasteiger partial charge in [0.05, 0.1) is 24.4 Å². The third-order valence-electron chi connectivity index (χ3n) is 5.93. The number of hydrogen-bond acceptors (Lipinski definition) is 7. The zero-order valence-corrected chi connectivity index (χ0v) is 18.6. The number of ether oxygens (including phenoxy) is 1. The van der Waals surface area contributed by atoms with Crippen molar-refractivity contribution in [3.05, 3.63) is 60.4 Å². The minimum atomic E-state index is 0.540. The Bertz CT molecular complexity index is 1230. The molecule has 2 aromatic carbocycles. The number of nitrogens with zero attached hydrogens (tertiary/aromatic N) is 6. The lowest BCUT2D eigenvalue weighted by atomic mass is 10.2. The number of piperazine rings is 1. The maximum absolute atomic E-state index is 5.32. The summed E-state index contributed by atoms with van der Waals surface area (Å²) in [7, 11) is 3.84. The van der Waals surface area contributed by atoms with Gasteiger partial charge in [0.15, 0.2) is 5.65 Å². The number of nitrogens with one attached hydrogen (secondary N) is 1. The summed E-state index contributed by atoms with van der Waals surface area (Å²) in [5, 5.41) is 8.75. The van der Waals surface area contributed by atoms with Crippen LogP contribution in [0.4, 0.5) is 17.3 Å². The average molecular weight is 430 g/mol. The van der Waals surface area contributed by atoms with Gasteiger partial charge < -0.3 is 19.9 Å². The fourth-order valence-electron chi connectivity index (χ4n) is 4.00. The lowest BCUT2D eigenvalue weighted by Gasteiger charge is -2.34. The van der Waals surface area contributed by atoms with Crippen LogP contribution in [-0.2, 0) is 0 Å². The van der Waals surface area contributed by atoms with Crippen LogP contribution in [0, 0.1) is 6.92 Å². The van der Waals surface area contributed by atoms with Crippen LogP contribution in [0.15, 0.2) is 54.9 Å². The van der Waals surface area contributed by atoms with Gasteiger partial charge in [-0.05, 0) is 62.0 Å². The van der Waals surface area contributed by atoms with E-state index in [4.69, 9.17) is 9.72 Å². The molecule has 0 unspecified atom stereocenters. The largest absolute Gasteiger partial charge is 0.497 e. The SMILES string of the molecule is COc1ccc(-n2ncc3cnc(Nc4ccc(N5CCN(C)CC5)cc4)nc32)c(C)c1. The molecule has 0 saturated carbocycles. The molecule has 0 amide bonds. The van der Waals surface area contributed by atoms with Crippen molar-refractivity contribution in [2.45, 2.75) is 6.92 Å². The van der Waals surface area contributed by atoms with Crippen LogP contribution in [0.25, 0.3) is 16.7 Å². The summed E-state index contributed by atoms with van der Waals surface area (Å²) >= 11 is 0. The van der Waals surface area contributed by atoms with Crippen molar-refractivity contribution in [3.8, 4) is 11.4 Å². The van der Waals surface area contributed by atoms with E-state index in [1.165, 1.54) is 5.69 Å². The van der Waals surface area contributed by atoms with E-state index >= 15 is 0 Å². The molecule has 8 heteroatoms. The summed E-state index contributed by atoms with van der Waals surface area (Å²) in [5.41, 5.74) is 4.97. The maximum atomic E-state index is 5.32. The monoisotopic (exact) mass is 429 g/mol. The van der Waals surface area contributed by atoms with Crippen LogP contribution in [0.5, 0.6) is 5.75 Å². The number of rotatable bonds is 5. The second-order valence-electron chi connectivity index (χ2n) is 8.14. The van der Waals surface area contributed by atoms with E-state index < -0.39 is 0 Å². The predicted octanol–water partition coefficient (Wildman–Crippen LogP) is 3.63. The average Bonchev–Trinajstić information content (AvgIpc) is 3.23. The number of methoxy groups -OCH3 is 1. The summed E-state index contributed by atoms with van der Waals surface area (Å²) in [5.74, 6) is 1.36. The fraction of sp³-hybridized carbons (Fsp3) is 0.292. The van der Waals surface area contributed by atoms with Crippen LogP contribution in [0.1, 0.15) is 5.56 Å². The van der Waals surface area contributed by atoms with Crippen molar-refractivity contribution in [1.29, 1.82) is 0 Å². The second-order valence-corrected chi connectivity index (χ2v) is 8.14. The van der Waals surface area contributed by atoms with Gasteiger partial charge in [0.25, 0.3) is 0 Å². The molecule has 0 atom stereocenters. The zero-order valence-electron chi connectivity index (χ0n) is 18.6. The fourth-order valence-corrected chi connectivity index (χ4v) is 4.00. The van der Waals surface area contributed by atoms with Gasteiger partial charge in [-0.2, -0.15) is 10.1 Å². The Kier molecular flexibility index (Phi) is 5.36. The molecule has 1 fully saturated rings. The number of aryl methyl sites for hydroxylation is 1. The van der Waals surface area contributed by atoms with E-state index in [1.54, 1.807) is 19.5 Å². The quantitative estimate of drug-likeness (QED) is 0.519.